The smallest absolute Gasteiger partial charge is 0.246 e. The minimum Gasteiger partial charge on any atom is -0.345 e. The van der Waals surface area contributed by atoms with Gasteiger partial charge in [0.2, 0.25) is 11.8 Å². The fourth-order valence-electron chi connectivity index (χ4n) is 1.83. The second kappa shape index (κ2) is 4.57. The first-order valence-electron chi connectivity index (χ1n) is 5.75. The summed E-state index contributed by atoms with van der Waals surface area (Å²) in [6, 6.07) is 7.79. The zero-order valence-corrected chi connectivity index (χ0v) is 10.1. The first-order chi connectivity index (χ1) is 8.08. The second-order valence-electron chi connectivity index (χ2n) is 4.50. The summed E-state index contributed by atoms with van der Waals surface area (Å²) in [6.45, 7) is 4.44. The highest BCUT2D eigenvalue weighted by Gasteiger charge is 2.24. The predicted molar refractivity (Wildman–Crippen MR) is 65.9 cm³/mol. The maximum Gasteiger partial charge on any atom is 0.246 e. The third kappa shape index (κ3) is 2.46. The van der Waals surface area contributed by atoms with Gasteiger partial charge in [0.25, 0.3) is 0 Å². The van der Waals surface area contributed by atoms with Crippen LogP contribution < -0.4 is 10.2 Å². The molecule has 90 valence electrons. The highest BCUT2D eigenvalue weighted by Crippen LogP contribution is 2.20. The van der Waals surface area contributed by atoms with Crippen molar-refractivity contribution in [2.24, 2.45) is 0 Å². The number of rotatable bonds is 2. The van der Waals surface area contributed by atoms with Crippen molar-refractivity contribution in [1.82, 2.24) is 5.32 Å². The van der Waals surface area contributed by atoms with Gasteiger partial charge in [-0.1, -0.05) is 26.0 Å². The number of anilines is 1. The van der Waals surface area contributed by atoms with Crippen LogP contribution in [0.1, 0.15) is 25.3 Å². The Bertz CT molecular complexity index is 437. The summed E-state index contributed by atoms with van der Waals surface area (Å²) in [6.07, 6.45) is 0. The van der Waals surface area contributed by atoms with Crippen LogP contribution in [0.25, 0.3) is 0 Å². The molecule has 1 heterocycles. The van der Waals surface area contributed by atoms with Gasteiger partial charge in [-0.05, 0) is 23.6 Å². The van der Waals surface area contributed by atoms with Gasteiger partial charge in [-0.15, -0.1) is 0 Å². The van der Waals surface area contributed by atoms with E-state index in [1.165, 1.54) is 10.5 Å². The lowest BCUT2D eigenvalue weighted by Gasteiger charge is -2.26. The van der Waals surface area contributed by atoms with Crippen LogP contribution in [0, 0.1) is 0 Å². The van der Waals surface area contributed by atoms with Gasteiger partial charge < -0.3 is 10.2 Å². The molecule has 0 aliphatic carbocycles. The molecule has 2 rings (SSSR count). The van der Waals surface area contributed by atoms with Gasteiger partial charge in [0.1, 0.15) is 6.54 Å². The molecule has 0 radical (unpaired) electrons. The van der Waals surface area contributed by atoms with E-state index in [1.54, 1.807) is 0 Å². The van der Waals surface area contributed by atoms with Gasteiger partial charge in [0, 0.05) is 5.69 Å². The molecule has 4 nitrogen and oxygen atoms in total. The first kappa shape index (κ1) is 11.6. The number of hydrogen-bond acceptors (Lipinski definition) is 2. The molecule has 0 atom stereocenters. The third-order valence-corrected chi connectivity index (χ3v) is 2.91. The van der Waals surface area contributed by atoms with Crippen LogP contribution in [0.4, 0.5) is 5.69 Å². The Kier molecular flexibility index (Phi) is 3.13. The molecule has 0 spiro atoms. The summed E-state index contributed by atoms with van der Waals surface area (Å²) in [5.74, 6) is 0.281. The normalized spacial score (nSPS) is 16.3. The van der Waals surface area contributed by atoms with E-state index in [0.29, 0.717) is 5.92 Å². The summed E-state index contributed by atoms with van der Waals surface area (Å²) in [5, 5.41) is 2.53. The highest BCUT2D eigenvalue weighted by molar-refractivity contribution is 6.04. The Morgan fingerprint density at radius 2 is 1.82 bits per heavy atom. The van der Waals surface area contributed by atoms with Crippen LogP contribution >= 0.6 is 0 Å². The molecular weight excluding hydrogens is 216 g/mol. The molecule has 1 aromatic carbocycles. The summed E-state index contributed by atoms with van der Waals surface area (Å²) in [7, 11) is 0. The second-order valence-corrected chi connectivity index (χ2v) is 4.50. The lowest BCUT2D eigenvalue weighted by molar-refractivity contribution is -0.128. The number of benzene rings is 1. The first-order valence-corrected chi connectivity index (χ1v) is 5.75. The fourth-order valence-corrected chi connectivity index (χ4v) is 1.83. The number of amides is 2. The number of nitrogens with zero attached hydrogens (tertiary/aromatic N) is 1. The number of hydrogen-bond donors (Lipinski definition) is 1. The van der Waals surface area contributed by atoms with Crippen molar-refractivity contribution in [1.29, 1.82) is 0 Å². The number of piperazine rings is 1. The van der Waals surface area contributed by atoms with Crippen molar-refractivity contribution in [3.05, 3.63) is 29.8 Å². The maximum absolute atomic E-state index is 11.7. The SMILES string of the molecule is CC(C)c1ccc(N2CC(=O)NCC2=O)cc1. The van der Waals surface area contributed by atoms with Crippen molar-refractivity contribution in [3.63, 3.8) is 0 Å². The van der Waals surface area contributed by atoms with E-state index in [9.17, 15) is 9.59 Å². The molecule has 0 bridgehead atoms. The summed E-state index contributed by atoms with van der Waals surface area (Å²) in [4.78, 5) is 24.4. The largest absolute Gasteiger partial charge is 0.345 e. The van der Waals surface area contributed by atoms with Crippen LogP contribution in [0.2, 0.25) is 0 Å². The molecule has 1 aromatic rings. The quantitative estimate of drug-likeness (QED) is 0.835. The van der Waals surface area contributed by atoms with E-state index in [-0.39, 0.29) is 24.9 Å². The molecule has 0 unspecified atom stereocenters. The van der Waals surface area contributed by atoms with Crippen molar-refractivity contribution >= 4 is 17.5 Å². The molecule has 1 aliphatic heterocycles. The average molecular weight is 232 g/mol. The fraction of sp³-hybridized carbons (Fsp3) is 0.385. The third-order valence-electron chi connectivity index (χ3n) is 2.91. The van der Waals surface area contributed by atoms with Gasteiger partial charge in [0.15, 0.2) is 0 Å². The lowest BCUT2D eigenvalue weighted by Crippen LogP contribution is -2.51. The predicted octanol–water partition coefficient (Wildman–Crippen LogP) is 1.27. The minimum absolute atomic E-state index is 0.0677. The summed E-state index contributed by atoms with van der Waals surface area (Å²) < 4.78 is 0. The van der Waals surface area contributed by atoms with Crippen LogP contribution in [0.3, 0.4) is 0 Å². The highest BCUT2D eigenvalue weighted by atomic mass is 16.2. The van der Waals surface area contributed by atoms with Crippen molar-refractivity contribution in [2.45, 2.75) is 19.8 Å². The van der Waals surface area contributed by atoms with Crippen LogP contribution in [-0.4, -0.2) is 24.9 Å². The van der Waals surface area contributed by atoms with E-state index in [0.717, 1.165) is 5.69 Å². The Morgan fingerprint density at radius 3 is 2.41 bits per heavy atom. The van der Waals surface area contributed by atoms with Gasteiger partial charge in [-0.25, -0.2) is 0 Å². The van der Waals surface area contributed by atoms with E-state index in [1.807, 2.05) is 24.3 Å². The molecular formula is C13H16N2O2. The minimum atomic E-state index is -0.113. The number of nitrogens with one attached hydrogen (secondary N) is 1. The Morgan fingerprint density at radius 1 is 1.18 bits per heavy atom. The van der Waals surface area contributed by atoms with Gasteiger partial charge >= 0.3 is 0 Å². The lowest BCUT2D eigenvalue weighted by atomic mass is 10.0. The Balaban J connectivity index is 2.21. The Labute approximate surface area is 101 Å². The number of carbonyl (C=O) groups is 2. The van der Waals surface area contributed by atoms with Crippen molar-refractivity contribution in [3.8, 4) is 0 Å². The molecule has 1 fully saturated rings. The van der Waals surface area contributed by atoms with Crippen LogP contribution in [0.5, 0.6) is 0 Å². The van der Waals surface area contributed by atoms with Gasteiger partial charge in [-0.3, -0.25) is 9.59 Å². The molecule has 4 heteroatoms. The molecule has 1 saturated heterocycles. The van der Waals surface area contributed by atoms with Crippen LogP contribution in [0.15, 0.2) is 24.3 Å². The zero-order valence-electron chi connectivity index (χ0n) is 10.1. The molecule has 1 N–H and O–H groups in total. The zero-order chi connectivity index (χ0) is 12.4. The standard InChI is InChI=1S/C13H16N2O2/c1-9(2)10-3-5-11(6-4-10)15-8-12(16)14-7-13(15)17/h3-6,9H,7-8H2,1-2H3,(H,14,16). The maximum atomic E-state index is 11.7. The van der Waals surface area contributed by atoms with E-state index in [4.69, 9.17) is 0 Å². The Hall–Kier alpha value is -1.84. The summed E-state index contributed by atoms with van der Waals surface area (Å²) >= 11 is 0. The van der Waals surface area contributed by atoms with E-state index >= 15 is 0 Å². The molecule has 0 saturated carbocycles. The van der Waals surface area contributed by atoms with Gasteiger partial charge in [0.05, 0.1) is 6.54 Å². The van der Waals surface area contributed by atoms with Crippen molar-refractivity contribution < 1.29 is 9.59 Å². The monoisotopic (exact) mass is 232 g/mol. The van der Waals surface area contributed by atoms with E-state index < -0.39 is 0 Å². The molecule has 1 aliphatic rings. The summed E-state index contributed by atoms with van der Waals surface area (Å²) in [5.41, 5.74) is 2.01. The van der Waals surface area contributed by atoms with Crippen molar-refractivity contribution in [2.75, 3.05) is 18.0 Å². The number of carbonyl (C=O) groups excluding carboxylic acids is 2. The molecule has 0 aromatic heterocycles. The van der Waals surface area contributed by atoms with Crippen LogP contribution in [-0.2, 0) is 9.59 Å². The average Bonchev–Trinajstić information content (AvgIpc) is 2.32. The van der Waals surface area contributed by atoms with E-state index in [2.05, 4.69) is 19.2 Å². The molecule has 17 heavy (non-hydrogen) atoms. The molecule has 2 amide bonds. The topological polar surface area (TPSA) is 49.4 Å². The van der Waals surface area contributed by atoms with Gasteiger partial charge in [-0.2, -0.15) is 0 Å².